The van der Waals surface area contributed by atoms with E-state index in [1.807, 2.05) is 34.6 Å². The lowest BCUT2D eigenvalue weighted by Crippen LogP contribution is -2.29. The third-order valence-corrected chi connectivity index (χ3v) is 5.95. The van der Waals surface area contributed by atoms with Crippen LogP contribution in [-0.2, 0) is 37.9 Å². The Kier molecular flexibility index (Phi) is 26.6. The molecule has 0 aromatic rings. The van der Waals surface area contributed by atoms with Gasteiger partial charge in [0.05, 0.1) is 103 Å². The van der Waals surface area contributed by atoms with E-state index in [0.717, 1.165) is 6.61 Å². The molecule has 0 rings (SSSR count). The Morgan fingerprint density at radius 1 is 0.500 bits per heavy atom. The van der Waals surface area contributed by atoms with Crippen LogP contribution in [0.5, 0.6) is 0 Å². The summed E-state index contributed by atoms with van der Waals surface area (Å²) in [6.07, 6.45) is 4.84. The summed E-state index contributed by atoms with van der Waals surface area (Å²) in [5.74, 6) is 0.649. The smallest absolute Gasteiger partial charge is 0.0781 e. The summed E-state index contributed by atoms with van der Waals surface area (Å²) in [5, 5.41) is 8.63. The molecule has 0 fully saturated rings. The Morgan fingerprint density at radius 3 is 1.42 bits per heavy atom. The molecule has 0 saturated carbocycles. The molecular formula is C29H60O9. The van der Waals surface area contributed by atoms with Crippen LogP contribution in [-0.4, -0.2) is 115 Å². The first-order valence-electron chi connectivity index (χ1n) is 14.7. The van der Waals surface area contributed by atoms with Gasteiger partial charge in [-0.25, -0.2) is 0 Å². The fraction of sp³-hybridized carbons (Fsp3) is 1.00. The second-order valence-corrected chi connectivity index (χ2v) is 10.2. The first kappa shape index (κ1) is 37.6. The van der Waals surface area contributed by atoms with E-state index in [1.54, 1.807) is 0 Å². The van der Waals surface area contributed by atoms with Crippen molar-refractivity contribution in [2.24, 2.45) is 5.92 Å². The number of aliphatic hydroxyl groups excluding tert-OH is 1. The number of rotatable bonds is 29. The highest BCUT2D eigenvalue weighted by Gasteiger charge is 2.13. The van der Waals surface area contributed by atoms with Crippen molar-refractivity contribution in [1.29, 1.82) is 0 Å². The molecule has 0 spiro atoms. The lowest BCUT2D eigenvalue weighted by molar-refractivity contribution is -0.102. The number of unbranched alkanes of at least 4 members (excludes halogenated alkanes) is 1. The molecule has 0 saturated heterocycles. The molecule has 9 nitrogen and oxygen atoms in total. The highest BCUT2D eigenvalue weighted by atomic mass is 16.6. The van der Waals surface area contributed by atoms with Gasteiger partial charge in [0.15, 0.2) is 0 Å². The summed E-state index contributed by atoms with van der Waals surface area (Å²) >= 11 is 0. The normalized spacial score (nSPS) is 16.7. The van der Waals surface area contributed by atoms with Gasteiger partial charge in [-0.2, -0.15) is 0 Å². The molecule has 38 heavy (non-hydrogen) atoms. The van der Waals surface area contributed by atoms with Crippen LogP contribution in [0.1, 0.15) is 74.1 Å². The zero-order valence-corrected chi connectivity index (χ0v) is 25.5. The quantitative estimate of drug-likeness (QED) is 0.137. The second-order valence-electron chi connectivity index (χ2n) is 10.2. The van der Waals surface area contributed by atoms with E-state index < -0.39 is 0 Å². The molecule has 0 radical (unpaired) electrons. The summed E-state index contributed by atoms with van der Waals surface area (Å²) < 4.78 is 45.6. The predicted molar refractivity (Wildman–Crippen MR) is 150 cm³/mol. The Labute approximate surface area is 233 Å². The highest BCUT2D eigenvalue weighted by Crippen LogP contribution is 2.13. The zero-order valence-electron chi connectivity index (χ0n) is 25.5. The number of ether oxygens (including phenoxy) is 8. The molecule has 0 aromatic heterocycles. The highest BCUT2D eigenvalue weighted by molar-refractivity contribution is 4.59. The van der Waals surface area contributed by atoms with Crippen molar-refractivity contribution in [3.8, 4) is 0 Å². The average Bonchev–Trinajstić information content (AvgIpc) is 2.91. The average molecular weight is 553 g/mol. The molecule has 0 aliphatic rings. The Balaban J connectivity index is 3.74. The topological polar surface area (TPSA) is 94.1 Å². The maximum Gasteiger partial charge on any atom is 0.0781 e. The largest absolute Gasteiger partial charge is 0.394 e. The standard InChI is InChI=1S/C29H60O9/c1-8-10-11-29(9-2)23-33-18-24(3)35-20-26(5)37-22-28(7)38-21-27(6)36-19-25(4)34-17-16-32-15-14-31-13-12-30/h24-30H,8-23H2,1-7H3. The van der Waals surface area contributed by atoms with Gasteiger partial charge in [0.25, 0.3) is 0 Å². The summed E-state index contributed by atoms with van der Waals surface area (Å²) in [6, 6.07) is 0. The van der Waals surface area contributed by atoms with Gasteiger partial charge in [0.1, 0.15) is 0 Å². The van der Waals surface area contributed by atoms with Gasteiger partial charge in [-0.1, -0.05) is 33.1 Å². The minimum Gasteiger partial charge on any atom is -0.394 e. The van der Waals surface area contributed by atoms with Crippen molar-refractivity contribution in [1.82, 2.24) is 0 Å². The molecule has 0 bridgehead atoms. The Bertz CT molecular complexity index is 483. The lowest BCUT2D eigenvalue weighted by Gasteiger charge is -2.22. The molecule has 0 heterocycles. The molecule has 0 aliphatic carbocycles. The molecule has 6 atom stereocenters. The van der Waals surface area contributed by atoms with Crippen LogP contribution in [0, 0.1) is 5.92 Å². The molecule has 1 N–H and O–H groups in total. The van der Waals surface area contributed by atoms with Gasteiger partial charge >= 0.3 is 0 Å². The zero-order chi connectivity index (χ0) is 28.4. The van der Waals surface area contributed by atoms with E-state index in [4.69, 9.17) is 43.0 Å². The predicted octanol–water partition coefficient (Wildman–Crippen LogP) is 4.27. The minimum atomic E-state index is -0.0423. The van der Waals surface area contributed by atoms with E-state index in [2.05, 4.69) is 13.8 Å². The first-order chi connectivity index (χ1) is 18.3. The van der Waals surface area contributed by atoms with Gasteiger partial charge in [-0.3, -0.25) is 0 Å². The van der Waals surface area contributed by atoms with Gasteiger partial charge in [0.2, 0.25) is 0 Å². The molecule has 6 unspecified atom stereocenters. The van der Waals surface area contributed by atoms with Gasteiger partial charge in [-0.05, 0) is 47.0 Å². The van der Waals surface area contributed by atoms with Crippen LogP contribution in [0.25, 0.3) is 0 Å². The molecule has 0 aliphatic heterocycles. The van der Waals surface area contributed by atoms with Gasteiger partial charge in [0, 0.05) is 6.61 Å². The minimum absolute atomic E-state index is 0.0137. The van der Waals surface area contributed by atoms with Crippen molar-refractivity contribution >= 4 is 0 Å². The number of hydrogen-bond donors (Lipinski definition) is 1. The van der Waals surface area contributed by atoms with Gasteiger partial charge < -0.3 is 43.0 Å². The molecule has 0 aromatic carbocycles. The third-order valence-electron chi connectivity index (χ3n) is 5.95. The molecule has 0 amide bonds. The summed E-state index contributed by atoms with van der Waals surface area (Å²) in [4.78, 5) is 0. The fourth-order valence-electron chi connectivity index (χ4n) is 3.43. The van der Waals surface area contributed by atoms with Crippen LogP contribution >= 0.6 is 0 Å². The summed E-state index contributed by atoms with van der Waals surface area (Å²) in [7, 11) is 0. The molecular weight excluding hydrogens is 492 g/mol. The third kappa shape index (κ3) is 24.7. The Morgan fingerprint density at radius 2 is 0.947 bits per heavy atom. The van der Waals surface area contributed by atoms with Crippen molar-refractivity contribution in [3.63, 3.8) is 0 Å². The second kappa shape index (κ2) is 26.8. The van der Waals surface area contributed by atoms with E-state index in [0.29, 0.717) is 72.0 Å². The molecule has 9 heteroatoms. The monoisotopic (exact) mass is 552 g/mol. The first-order valence-corrected chi connectivity index (χ1v) is 14.7. The van der Waals surface area contributed by atoms with Crippen molar-refractivity contribution in [3.05, 3.63) is 0 Å². The number of hydrogen-bond acceptors (Lipinski definition) is 9. The lowest BCUT2D eigenvalue weighted by atomic mass is 10.0. The van der Waals surface area contributed by atoms with Crippen LogP contribution in [0.4, 0.5) is 0 Å². The summed E-state index contributed by atoms with van der Waals surface area (Å²) in [6.45, 7) is 20.3. The van der Waals surface area contributed by atoms with Crippen LogP contribution in [0.2, 0.25) is 0 Å². The number of aliphatic hydroxyl groups is 1. The van der Waals surface area contributed by atoms with Gasteiger partial charge in [-0.15, -0.1) is 0 Å². The van der Waals surface area contributed by atoms with Crippen LogP contribution in [0.15, 0.2) is 0 Å². The van der Waals surface area contributed by atoms with E-state index in [-0.39, 0.29) is 37.1 Å². The fourth-order valence-corrected chi connectivity index (χ4v) is 3.43. The maximum absolute atomic E-state index is 8.63. The Hall–Kier alpha value is -0.360. The van der Waals surface area contributed by atoms with E-state index in [1.165, 1.54) is 25.7 Å². The maximum atomic E-state index is 8.63. The van der Waals surface area contributed by atoms with Crippen molar-refractivity contribution < 1.29 is 43.0 Å². The van der Waals surface area contributed by atoms with Crippen molar-refractivity contribution in [2.45, 2.75) is 105 Å². The SMILES string of the molecule is CCCCC(CC)COCC(C)OCC(C)OCC(C)OCC(C)OCC(C)OCCOCCOCCO. The van der Waals surface area contributed by atoms with Crippen molar-refractivity contribution in [2.75, 3.05) is 79.3 Å². The van der Waals surface area contributed by atoms with Crippen LogP contribution < -0.4 is 0 Å². The van der Waals surface area contributed by atoms with E-state index in [9.17, 15) is 0 Å². The van der Waals surface area contributed by atoms with E-state index >= 15 is 0 Å². The summed E-state index contributed by atoms with van der Waals surface area (Å²) in [5.41, 5.74) is 0. The molecule has 230 valence electrons. The van der Waals surface area contributed by atoms with Crippen LogP contribution in [0.3, 0.4) is 0 Å².